The van der Waals surface area contributed by atoms with Gasteiger partial charge in [0.25, 0.3) is 0 Å². The minimum atomic E-state index is -3.48. The van der Waals surface area contributed by atoms with E-state index in [1.165, 1.54) is 0 Å². The van der Waals surface area contributed by atoms with Gasteiger partial charge in [-0.1, -0.05) is 0 Å². The molecule has 1 aliphatic heterocycles. The zero-order valence-corrected chi connectivity index (χ0v) is 12.9. The Hall–Kier alpha value is -1.44. The Bertz CT molecular complexity index is 584. The first kappa shape index (κ1) is 15.9. The van der Waals surface area contributed by atoms with Crippen LogP contribution in [0.1, 0.15) is 19.3 Å². The van der Waals surface area contributed by atoms with Crippen LogP contribution in [0, 0.1) is 0 Å². The lowest BCUT2D eigenvalue weighted by atomic mass is 10.3. The first-order valence-corrected chi connectivity index (χ1v) is 8.57. The van der Waals surface area contributed by atoms with Crippen molar-refractivity contribution in [2.24, 2.45) is 0 Å². The number of benzene rings is 1. The molecule has 2 N–H and O–H groups in total. The number of sulfonamides is 1. The van der Waals surface area contributed by atoms with Crippen LogP contribution in [-0.2, 0) is 14.8 Å². The summed E-state index contributed by atoms with van der Waals surface area (Å²) in [5.74, 6) is 0.0933. The van der Waals surface area contributed by atoms with Crippen molar-refractivity contribution >= 4 is 21.6 Å². The van der Waals surface area contributed by atoms with Crippen LogP contribution >= 0.6 is 0 Å². The Morgan fingerprint density at radius 1 is 1.19 bits per heavy atom. The fraction of sp³-hybridized carbons (Fsp3) is 0.500. The van der Waals surface area contributed by atoms with Gasteiger partial charge < -0.3 is 10.2 Å². The molecule has 0 aromatic heterocycles. The largest absolute Gasteiger partial charge is 0.320 e. The minimum Gasteiger partial charge on any atom is -0.320 e. The smallest absolute Gasteiger partial charge is 0.240 e. The molecule has 116 valence electrons. The highest BCUT2D eigenvalue weighted by Gasteiger charge is 2.22. The highest BCUT2D eigenvalue weighted by molar-refractivity contribution is 7.89. The third kappa shape index (κ3) is 4.03. The maximum atomic E-state index is 12.1. The van der Waals surface area contributed by atoms with Gasteiger partial charge in [-0.2, -0.15) is 0 Å². The third-order valence-electron chi connectivity index (χ3n) is 3.43. The summed E-state index contributed by atoms with van der Waals surface area (Å²) in [6.07, 6.45) is 2.15. The first-order chi connectivity index (χ1) is 10.0. The topological polar surface area (TPSA) is 78.5 Å². The molecule has 0 aliphatic carbocycles. The van der Waals surface area contributed by atoms with Gasteiger partial charge >= 0.3 is 0 Å². The van der Waals surface area contributed by atoms with E-state index >= 15 is 0 Å². The molecule has 1 aliphatic rings. The van der Waals surface area contributed by atoms with Gasteiger partial charge in [0.05, 0.1) is 4.90 Å². The number of anilines is 1. The van der Waals surface area contributed by atoms with Gasteiger partial charge in [0.1, 0.15) is 0 Å². The van der Waals surface area contributed by atoms with Crippen LogP contribution in [0.15, 0.2) is 29.2 Å². The molecule has 0 atom stereocenters. The lowest BCUT2D eigenvalue weighted by molar-refractivity contribution is -0.117. The van der Waals surface area contributed by atoms with Crippen LogP contribution in [-0.4, -0.2) is 41.0 Å². The molecule has 7 heteroatoms. The van der Waals surface area contributed by atoms with E-state index in [2.05, 4.69) is 10.0 Å². The number of amides is 1. The summed E-state index contributed by atoms with van der Waals surface area (Å²) in [6.45, 7) is 1.86. The predicted molar refractivity (Wildman–Crippen MR) is 81.8 cm³/mol. The number of carbonyl (C=O) groups excluding carboxylic acids is 1. The highest BCUT2D eigenvalue weighted by atomic mass is 32.2. The molecule has 6 nitrogen and oxygen atoms in total. The molecular formula is C14H21N3O3S. The molecule has 1 saturated heterocycles. The van der Waals surface area contributed by atoms with E-state index < -0.39 is 10.0 Å². The predicted octanol–water partition coefficient (Wildman–Crippen LogP) is 0.701. The fourth-order valence-electron chi connectivity index (χ4n) is 2.28. The number of carbonyl (C=O) groups is 1. The lowest BCUT2D eigenvalue weighted by Gasteiger charge is -2.16. The number of hydrogen-bond donors (Lipinski definition) is 2. The van der Waals surface area contributed by atoms with Crippen LogP contribution in [0.25, 0.3) is 0 Å². The maximum Gasteiger partial charge on any atom is 0.240 e. The molecule has 1 heterocycles. The molecule has 2 rings (SSSR count). The molecule has 0 saturated carbocycles. The van der Waals surface area contributed by atoms with Crippen molar-refractivity contribution in [3.05, 3.63) is 24.3 Å². The summed E-state index contributed by atoms with van der Waals surface area (Å²) >= 11 is 0. The Morgan fingerprint density at radius 3 is 2.48 bits per heavy atom. The van der Waals surface area contributed by atoms with Gasteiger partial charge in [0.15, 0.2) is 0 Å². The molecule has 0 unspecified atom stereocenters. The van der Waals surface area contributed by atoms with Crippen LogP contribution in [0.2, 0.25) is 0 Å². The summed E-state index contributed by atoms with van der Waals surface area (Å²) in [7, 11) is -1.65. The maximum absolute atomic E-state index is 12.1. The SMILES string of the molecule is CNCCCNS(=O)(=O)c1ccc(N2CCCC2=O)cc1. The highest BCUT2D eigenvalue weighted by Crippen LogP contribution is 2.22. The second-order valence-electron chi connectivity index (χ2n) is 5.00. The molecule has 1 aromatic carbocycles. The Labute approximate surface area is 125 Å². The van der Waals surface area contributed by atoms with Crippen molar-refractivity contribution in [3.63, 3.8) is 0 Å². The van der Waals surface area contributed by atoms with Crippen molar-refractivity contribution in [2.75, 3.05) is 31.6 Å². The van der Waals surface area contributed by atoms with E-state index in [0.717, 1.165) is 25.1 Å². The van der Waals surface area contributed by atoms with E-state index in [0.29, 0.717) is 19.5 Å². The molecule has 1 amide bonds. The van der Waals surface area contributed by atoms with Gasteiger partial charge in [-0.3, -0.25) is 4.79 Å². The average Bonchev–Trinajstić information content (AvgIpc) is 2.90. The molecule has 0 bridgehead atoms. The number of rotatable bonds is 7. The van der Waals surface area contributed by atoms with Crippen LogP contribution < -0.4 is 14.9 Å². The quantitative estimate of drug-likeness (QED) is 0.727. The van der Waals surface area contributed by atoms with Crippen molar-refractivity contribution in [1.29, 1.82) is 0 Å². The summed E-state index contributed by atoms with van der Waals surface area (Å²) in [6, 6.07) is 6.46. The van der Waals surface area contributed by atoms with Gasteiger partial charge in [0.2, 0.25) is 15.9 Å². The average molecular weight is 311 g/mol. The normalized spacial score (nSPS) is 15.7. The first-order valence-electron chi connectivity index (χ1n) is 7.09. The molecule has 0 radical (unpaired) electrons. The Kier molecular flexibility index (Phi) is 5.33. The minimum absolute atomic E-state index is 0.0933. The summed E-state index contributed by atoms with van der Waals surface area (Å²) in [5, 5.41) is 2.96. The Balaban J connectivity index is 2.02. The third-order valence-corrected chi connectivity index (χ3v) is 4.90. The van der Waals surface area contributed by atoms with E-state index in [9.17, 15) is 13.2 Å². The number of nitrogens with one attached hydrogen (secondary N) is 2. The van der Waals surface area contributed by atoms with Crippen LogP contribution in [0.4, 0.5) is 5.69 Å². The monoisotopic (exact) mass is 311 g/mol. The van der Waals surface area contributed by atoms with Crippen molar-refractivity contribution < 1.29 is 13.2 Å². The van der Waals surface area contributed by atoms with Crippen LogP contribution in [0.5, 0.6) is 0 Å². The lowest BCUT2D eigenvalue weighted by Crippen LogP contribution is -2.27. The molecule has 0 spiro atoms. The van der Waals surface area contributed by atoms with Crippen molar-refractivity contribution in [1.82, 2.24) is 10.0 Å². The van der Waals surface area contributed by atoms with E-state index in [4.69, 9.17) is 0 Å². The summed E-state index contributed by atoms with van der Waals surface area (Å²) in [5.41, 5.74) is 0.756. The zero-order valence-electron chi connectivity index (χ0n) is 12.1. The number of nitrogens with zero attached hydrogens (tertiary/aromatic N) is 1. The molecule has 1 aromatic rings. The van der Waals surface area contributed by atoms with Crippen molar-refractivity contribution in [3.8, 4) is 0 Å². The summed E-state index contributed by atoms with van der Waals surface area (Å²) in [4.78, 5) is 13.6. The van der Waals surface area contributed by atoms with Gasteiger partial charge in [-0.25, -0.2) is 13.1 Å². The zero-order chi connectivity index (χ0) is 15.3. The van der Waals surface area contributed by atoms with Crippen LogP contribution in [0.3, 0.4) is 0 Å². The van der Waals surface area contributed by atoms with Gasteiger partial charge in [-0.05, 0) is 50.7 Å². The van der Waals surface area contributed by atoms with Gasteiger partial charge in [0, 0.05) is 25.2 Å². The van der Waals surface area contributed by atoms with E-state index in [1.54, 1.807) is 29.2 Å². The summed E-state index contributed by atoms with van der Waals surface area (Å²) < 4.78 is 26.7. The molecule has 21 heavy (non-hydrogen) atoms. The van der Waals surface area contributed by atoms with Gasteiger partial charge in [-0.15, -0.1) is 0 Å². The molecule has 1 fully saturated rings. The second-order valence-corrected chi connectivity index (χ2v) is 6.76. The standard InChI is InChI=1S/C14H21N3O3S/c1-15-9-3-10-16-21(19,20)13-7-5-12(6-8-13)17-11-2-4-14(17)18/h5-8,15-16H,2-4,9-11H2,1H3. The number of hydrogen-bond acceptors (Lipinski definition) is 4. The molecular weight excluding hydrogens is 290 g/mol. The second kappa shape index (κ2) is 7.02. The van der Waals surface area contributed by atoms with Crippen molar-refractivity contribution in [2.45, 2.75) is 24.2 Å². The van der Waals surface area contributed by atoms with E-state index in [-0.39, 0.29) is 10.8 Å². The fourth-order valence-corrected chi connectivity index (χ4v) is 3.36. The van der Waals surface area contributed by atoms with E-state index in [1.807, 2.05) is 7.05 Å². The Morgan fingerprint density at radius 2 is 1.90 bits per heavy atom.